The number of carbonyl (C=O) groups excluding carboxylic acids is 2. The number of piperidine rings is 1. The number of nitrogens with zero attached hydrogens (tertiary/aromatic N) is 2. The third kappa shape index (κ3) is 6.46. The lowest BCUT2D eigenvalue weighted by Crippen LogP contribution is -2.56. The van der Waals surface area contributed by atoms with Crippen molar-refractivity contribution in [3.8, 4) is 0 Å². The summed E-state index contributed by atoms with van der Waals surface area (Å²) in [5.74, 6) is 0.623. The van der Waals surface area contributed by atoms with Crippen molar-refractivity contribution in [2.24, 2.45) is 5.92 Å². The molecule has 0 radical (unpaired) electrons. The van der Waals surface area contributed by atoms with Gasteiger partial charge in [-0.1, -0.05) is 44.2 Å². The Kier molecular flexibility index (Phi) is 8.55. The third-order valence-corrected chi connectivity index (χ3v) is 6.14. The molecule has 6 heteroatoms. The first-order valence-corrected chi connectivity index (χ1v) is 11.5. The normalized spacial score (nSPS) is 18.4. The minimum Gasteiger partial charge on any atom is -0.381 e. The van der Waals surface area contributed by atoms with Gasteiger partial charge in [0.15, 0.2) is 0 Å². The molecule has 0 aliphatic carbocycles. The van der Waals surface area contributed by atoms with Crippen LogP contribution in [0.25, 0.3) is 0 Å². The van der Waals surface area contributed by atoms with Gasteiger partial charge >= 0.3 is 6.03 Å². The van der Waals surface area contributed by atoms with Gasteiger partial charge in [0.25, 0.3) is 0 Å². The van der Waals surface area contributed by atoms with Crippen LogP contribution in [0.3, 0.4) is 0 Å². The second-order valence-electron chi connectivity index (χ2n) is 8.93. The summed E-state index contributed by atoms with van der Waals surface area (Å²) in [5.41, 5.74) is 1.23. The van der Waals surface area contributed by atoms with Gasteiger partial charge < -0.3 is 19.9 Å². The first-order valence-electron chi connectivity index (χ1n) is 11.5. The quantitative estimate of drug-likeness (QED) is 0.742. The van der Waals surface area contributed by atoms with E-state index in [1.807, 2.05) is 23.1 Å². The first kappa shape index (κ1) is 22.6. The molecule has 2 saturated heterocycles. The Morgan fingerprint density at radius 3 is 2.33 bits per heavy atom. The lowest BCUT2D eigenvalue weighted by molar-refractivity contribution is -0.133. The van der Waals surface area contributed by atoms with Gasteiger partial charge in [0.1, 0.15) is 0 Å². The molecule has 0 aromatic heterocycles. The zero-order valence-electron chi connectivity index (χ0n) is 18.5. The standard InChI is InChI=1S/C24H37N3O3/c1-19(2)18-23(28)26-14-9-21(10-15-26)27(22-11-16-30-17-12-22)24(29)25-13-8-20-6-4-3-5-7-20/h3-7,19,21-22H,8-18H2,1-2H3,(H,25,29). The van der Waals surface area contributed by atoms with Crippen molar-refractivity contribution in [2.75, 3.05) is 32.8 Å². The molecule has 0 unspecified atom stereocenters. The predicted molar refractivity (Wildman–Crippen MR) is 118 cm³/mol. The van der Waals surface area contributed by atoms with Gasteiger partial charge in [-0.3, -0.25) is 4.79 Å². The fraction of sp³-hybridized carbons (Fsp3) is 0.667. The molecule has 0 bridgehead atoms. The summed E-state index contributed by atoms with van der Waals surface area (Å²) >= 11 is 0. The number of carbonyl (C=O) groups is 2. The zero-order valence-corrected chi connectivity index (χ0v) is 18.5. The van der Waals surface area contributed by atoms with Gasteiger partial charge in [-0.05, 0) is 43.6 Å². The Bertz CT molecular complexity index is 666. The maximum Gasteiger partial charge on any atom is 0.317 e. The molecule has 6 nitrogen and oxygen atoms in total. The second-order valence-corrected chi connectivity index (χ2v) is 8.93. The van der Waals surface area contributed by atoms with Crippen molar-refractivity contribution in [1.82, 2.24) is 15.1 Å². The Labute approximate surface area is 180 Å². The van der Waals surface area contributed by atoms with E-state index >= 15 is 0 Å². The summed E-state index contributed by atoms with van der Waals surface area (Å²) in [6.45, 7) is 7.71. The Morgan fingerprint density at radius 2 is 1.70 bits per heavy atom. The number of hydrogen-bond acceptors (Lipinski definition) is 3. The molecular weight excluding hydrogens is 378 g/mol. The van der Waals surface area contributed by atoms with Crippen LogP contribution in [0.2, 0.25) is 0 Å². The van der Waals surface area contributed by atoms with Crippen molar-refractivity contribution in [3.05, 3.63) is 35.9 Å². The molecule has 166 valence electrons. The van der Waals surface area contributed by atoms with Gasteiger partial charge in [-0.25, -0.2) is 4.79 Å². The maximum atomic E-state index is 13.2. The smallest absolute Gasteiger partial charge is 0.317 e. The second kappa shape index (κ2) is 11.3. The van der Waals surface area contributed by atoms with E-state index in [0.717, 1.165) is 45.2 Å². The van der Waals surface area contributed by atoms with Crippen LogP contribution < -0.4 is 5.32 Å². The molecule has 1 aromatic carbocycles. The van der Waals surface area contributed by atoms with Crippen molar-refractivity contribution in [2.45, 2.75) is 64.5 Å². The van der Waals surface area contributed by atoms with Crippen LogP contribution in [-0.4, -0.2) is 66.7 Å². The molecular formula is C24H37N3O3. The Hall–Kier alpha value is -2.08. The molecule has 2 fully saturated rings. The summed E-state index contributed by atoms with van der Waals surface area (Å²) in [5, 5.41) is 3.15. The van der Waals surface area contributed by atoms with Gasteiger partial charge in [0.05, 0.1) is 0 Å². The van der Waals surface area contributed by atoms with Crippen LogP contribution in [0.1, 0.15) is 51.5 Å². The number of urea groups is 1. The fourth-order valence-electron chi connectivity index (χ4n) is 4.51. The van der Waals surface area contributed by atoms with Crippen LogP contribution in [0.4, 0.5) is 4.79 Å². The van der Waals surface area contributed by atoms with Crippen molar-refractivity contribution in [1.29, 1.82) is 0 Å². The highest BCUT2D eigenvalue weighted by molar-refractivity contribution is 5.77. The molecule has 3 amide bonds. The predicted octanol–water partition coefficient (Wildman–Crippen LogP) is 3.46. The van der Waals surface area contributed by atoms with E-state index in [9.17, 15) is 9.59 Å². The van der Waals surface area contributed by atoms with E-state index in [-0.39, 0.29) is 24.0 Å². The molecule has 2 aliphatic rings. The Balaban J connectivity index is 1.57. The average Bonchev–Trinajstić information content (AvgIpc) is 2.75. The van der Waals surface area contributed by atoms with Crippen LogP contribution in [-0.2, 0) is 16.0 Å². The molecule has 0 saturated carbocycles. The first-order chi connectivity index (χ1) is 14.5. The average molecular weight is 416 g/mol. The summed E-state index contributed by atoms with van der Waals surface area (Å²) in [6.07, 6.45) is 4.92. The molecule has 2 heterocycles. The van der Waals surface area contributed by atoms with E-state index in [0.29, 0.717) is 32.1 Å². The minimum atomic E-state index is 0.0322. The SMILES string of the molecule is CC(C)CC(=O)N1CCC(N(C(=O)NCCc2ccccc2)C2CCOCC2)CC1. The molecule has 1 N–H and O–H groups in total. The summed E-state index contributed by atoms with van der Waals surface area (Å²) in [6, 6.07) is 10.7. The largest absolute Gasteiger partial charge is 0.381 e. The van der Waals surface area contributed by atoms with Crippen molar-refractivity contribution in [3.63, 3.8) is 0 Å². The molecule has 1 aromatic rings. The summed E-state index contributed by atoms with van der Waals surface area (Å²) < 4.78 is 5.53. The van der Waals surface area contributed by atoms with Crippen molar-refractivity contribution >= 4 is 11.9 Å². The Morgan fingerprint density at radius 1 is 1.07 bits per heavy atom. The fourth-order valence-corrected chi connectivity index (χ4v) is 4.51. The number of hydrogen-bond donors (Lipinski definition) is 1. The minimum absolute atomic E-state index is 0.0322. The maximum absolute atomic E-state index is 13.2. The van der Waals surface area contributed by atoms with Gasteiger partial charge in [-0.2, -0.15) is 0 Å². The van der Waals surface area contributed by atoms with Gasteiger partial charge in [0, 0.05) is 51.4 Å². The van der Waals surface area contributed by atoms with Crippen LogP contribution >= 0.6 is 0 Å². The number of ether oxygens (including phenoxy) is 1. The lowest BCUT2D eigenvalue weighted by atomic mass is 9.97. The van der Waals surface area contributed by atoms with Crippen molar-refractivity contribution < 1.29 is 14.3 Å². The highest BCUT2D eigenvalue weighted by Gasteiger charge is 2.34. The highest BCUT2D eigenvalue weighted by Crippen LogP contribution is 2.24. The van der Waals surface area contributed by atoms with Crippen LogP contribution in [0, 0.1) is 5.92 Å². The third-order valence-electron chi connectivity index (χ3n) is 6.14. The van der Waals surface area contributed by atoms with Crippen LogP contribution in [0.15, 0.2) is 30.3 Å². The molecule has 30 heavy (non-hydrogen) atoms. The van der Waals surface area contributed by atoms with Gasteiger partial charge in [0.2, 0.25) is 5.91 Å². The van der Waals surface area contributed by atoms with E-state index in [1.54, 1.807) is 0 Å². The number of likely N-dealkylation sites (tertiary alicyclic amines) is 1. The van der Waals surface area contributed by atoms with Gasteiger partial charge in [-0.15, -0.1) is 0 Å². The zero-order chi connectivity index (χ0) is 21.3. The molecule has 2 aliphatic heterocycles. The van der Waals surface area contributed by atoms with E-state index < -0.39 is 0 Å². The molecule has 0 atom stereocenters. The van der Waals surface area contributed by atoms with E-state index in [2.05, 4.69) is 36.2 Å². The monoisotopic (exact) mass is 415 g/mol. The highest BCUT2D eigenvalue weighted by atomic mass is 16.5. The number of amides is 3. The lowest BCUT2D eigenvalue weighted by Gasteiger charge is -2.43. The summed E-state index contributed by atoms with van der Waals surface area (Å²) in [4.78, 5) is 29.7. The topological polar surface area (TPSA) is 61.9 Å². The van der Waals surface area contributed by atoms with E-state index in [1.165, 1.54) is 5.56 Å². The molecule has 3 rings (SSSR count). The number of benzene rings is 1. The summed E-state index contributed by atoms with van der Waals surface area (Å²) in [7, 11) is 0. The number of nitrogens with one attached hydrogen (secondary N) is 1. The molecule has 0 spiro atoms. The van der Waals surface area contributed by atoms with Crippen LogP contribution in [0.5, 0.6) is 0 Å². The number of rotatable bonds is 7. The van der Waals surface area contributed by atoms with E-state index in [4.69, 9.17) is 4.74 Å².